The fourth-order valence-electron chi connectivity index (χ4n) is 5.85. The third-order valence-electron chi connectivity index (χ3n) is 7.92. The first-order valence-electron chi connectivity index (χ1n) is 14.1. The minimum absolute atomic E-state index is 0.0458. The van der Waals surface area contributed by atoms with Crippen LogP contribution >= 0.6 is 0 Å². The van der Waals surface area contributed by atoms with Gasteiger partial charge in [-0.1, -0.05) is 38.7 Å². The van der Waals surface area contributed by atoms with E-state index in [9.17, 15) is 18.0 Å². The van der Waals surface area contributed by atoms with Gasteiger partial charge in [-0.2, -0.15) is 5.10 Å². The molecule has 3 heterocycles. The highest BCUT2D eigenvalue weighted by molar-refractivity contribution is 7.92. The number of carbonyl (C=O) groups excluding carboxylic acids is 1. The molecule has 1 aromatic carbocycles. The molecule has 0 spiro atoms. The molecule has 1 aliphatic carbocycles. The van der Waals surface area contributed by atoms with Gasteiger partial charge < -0.3 is 9.88 Å². The Hall–Kier alpha value is -3.21. The lowest BCUT2D eigenvalue weighted by atomic mass is 9.95. The van der Waals surface area contributed by atoms with Gasteiger partial charge in [-0.3, -0.25) is 14.3 Å². The summed E-state index contributed by atoms with van der Waals surface area (Å²) in [6.07, 6.45) is 8.57. The minimum atomic E-state index is -3.47. The van der Waals surface area contributed by atoms with Crippen molar-refractivity contribution in [2.75, 3.05) is 23.6 Å². The smallest absolute Gasteiger partial charge is 0.262 e. The third-order valence-corrected chi connectivity index (χ3v) is 9.29. The Morgan fingerprint density at radius 2 is 1.95 bits per heavy atom. The van der Waals surface area contributed by atoms with Crippen LogP contribution in [0.25, 0.3) is 11.0 Å². The topological polar surface area (TPSA) is 130 Å². The van der Waals surface area contributed by atoms with Crippen LogP contribution in [0.15, 0.2) is 29.1 Å². The van der Waals surface area contributed by atoms with Crippen molar-refractivity contribution < 1.29 is 13.2 Å². The second-order valence-corrected chi connectivity index (χ2v) is 12.8. The molecule has 1 aliphatic heterocycles. The molecule has 0 bridgehead atoms. The summed E-state index contributed by atoms with van der Waals surface area (Å²) in [7, 11) is -3.47. The fourth-order valence-corrected chi connectivity index (χ4v) is 7.11. The Bertz CT molecular complexity index is 1510. The number of amides is 1. The zero-order chi connectivity index (χ0) is 27.6. The van der Waals surface area contributed by atoms with Gasteiger partial charge in [-0.15, -0.1) is 0 Å². The highest BCUT2D eigenvalue weighted by atomic mass is 32.2. The lowest BCUT2D eigenvalue weighted by molar-refractivity contribution is 0.0704. The molecule has 1 unspecified atom stereocenters. The molecule has 10 nitrogen and oxygen atoms in total. The standard InChI is InChI=1S/C28H38N6O4S/c1-3-4-16-39(37,38)32-22-12-8-10-20(17-22)28(36)33-15-9-11-21(18-33)25-29-26-24(27(35)30-25)19(2)31-34(26)23-13-6-5-7-14-23/h8,10,12,17,21,23,32H,3-7,9,11,13-16,18H2,1-2H3,(H,29,30,35). The number of piperidine rings is 1. The number of unbranched alkanes of at least 4 members (excludes halogenated alkanes) is 1. The number of anilines is 1. The maximum Gasteiger partial charge on any atom is 0.262 e. The maximum absolute atomic E-state index is 13.5. The van der Waals surface area contributed by atoms with Crippen molar-refractivity contribution >= 4 is 32.7 Å². The number of H-pyrrole nitrogens is 1. The maximum atomic E-state index is 13.5. The van der Waals surface area contributed by atoms with Gasteiger partial charge in [0.05, 0.1) is 17.5 Å². The van der Waals surface area contributed by atoms with Crippen LogP contribution in [0.5, 0.6) is 0 Å². The number of hydrogen-bond donors (Lipinski definition) is 2. The predicted octanol–water partition coefficient (Wildman–Crippen LogP) is 4.49. The van der Waals surface area contributed by atoms with Gasteiger partial charge >= 0.3 is 0 Å². The van der Waals surface area contributed by atoms with Crippen molar-refractivity contribution in [2.24, 2.45) is 0 Å². The Balaban J connectivity index is 1.36. The molecule has 2 aliphatic rings. The molecule has 0 radical (unpaired) electrons. The number of rotatable bonds is 8. The third kappa shape index (κ3) is 6.03. The number of benzene rings is 1. The second kappa shape index (κ2) is 11.5. The lowest BCUT2D eigenvalue weighted by Crippen LogP contribution is -2.40. The van der Waals surface area contributed by atoms with E-state index in [-0.39, 0.29) is 29.2 Å². The number of aromatic nitrogens is 4. The van der Waals surface area contributed by atoms with Crippen LogP contribution < -0.4 is 10.3 Å². The molecule has 2 N–H and O–H groups in total. The van der Waals surface area contributed by atoms with E-state index < -0.39 is 10.0 Å². The van der Waals surface area contributed by atoms with Crippen LogP contribution in [-0.2, 0) is 10.0 Å². The van der Waals surface area contributed by atoms with Crippen LogP contribution in [0.2, 0.25) is 0 Å². The predicted molar refractivity (Wildman–Crippen MR) is 152 cm³/mol. The molecule has 1 saturated carbocycles. The van der Waals surface area contributed by atoms with Crippen molar-refractivity contribution in [2.45, 2.75) is 83.6 Å². The van der Waals surface area contributed by atoms with Gasteiger partial charge in [-0.05, 0) is 57.2 Å². The van der Waals surface area contributed by atoms with Crippen molar-refractivity contribution in [3.8, 4) is 0 Å². The zero-order valence-corrected chi connectivity index (χ0v) is 23.6. The largest absolute Gasteiger partial charge is 0.338 e. The first-order valence-corrected chi connectivity index (χ1v) is 15.8. The van der Waals surface area contributed by atoms with Crippen LogP contribution in [0.4, 0.5) is 5.69 Å². The van der Waals surface area contributed by atoms with Crippen LogP contribution in [-0.4, -0.2) is 57.8 Å². The molecule has 3 aromatic rings. The van der Waals surface area contributed by atoms with Crippen molar-refractivity contribution in [1.29, 1.82) is 0 Å². The molecule has 39 heavy (non-hydrogen) atoms. The number of sulfonamides is 1. The minimum Gasteiger partial charge on any atom is -0.338 e. The Labute approximate surface area is 229 Å². The Morgan fingerprint density at radius 1 is 1.15 bits per heavy atom. The molecular weight excluding hydrogens is 516 g/mol. The molecule has 1 saturated heterocycles. The molecule has 210 valence electrons. The zero-order valence-electron chi connectivity index (χ0n) is 22.8. The van der Waals surface area contributed by atoms with E-state index in [0.29, 0.717) is 53.3 Å². The monoisotopic (exact) mass is 554 g/mol. The summed E-state index contributed by atoms with van der Waals surface area (Å²) in [6.45, 7) is 4.82. The molecule has 5 rings (SSSR count). The molecule has 1 amide bonds. The highest BCUT2D eigenvalue weighted by Gasteiger charge is 2.29. The van der Waals surface area contributed by atoms with Gasteiger partial charge in [0.25, 0.3) is 11.5 Å². The van der Waals surface area contributed by atoms with E-state index in [1.165, 1.54) is 6.42 Å². The van der Waals surface area contributed by atoms with E-state index >= 15 is 0 Å². The summed E-state index contributed by atoms with van der Waals surface area (Å²) >= 11 is 0. The number of carbonyl (C=O) groups is 1. The van der Waals surface area contributed by atoms with E-state index in [2.05, 4.69) is 9.71 Å². The first kappa shape index (κ1) is 27.4. The van der Waals surface area contributed by atoms with Crippen LogP contribution in [0, 0.1) is 6.92 Å². The number of fused-ring (bicyclic) bond motifs is 1. The molecule has 2 fully saturated rings. The van der Waals surface area contributed by atoms with Gasteiger partial charge in [0.15, 0.2) is 5.65 Å². The quantitative estimate of drug-likeness (QED) is 0.422. The summed E-state index contributed by atoms with van der Waals surface area (Å²) in [5.74, 6) is 0.371. The summed E-state index contributed by atoms with van der Waals surface area (Å²) in [5, 5.41) is 5.26. The molecule has 1 atom stereocenters. The molecule has 11 heteroatoms. The Morgan fingerprint density at radius 3 is 2.72 bits per heavy atom. The summed E-state index contributed by atoms with van der Waals surface area (Å²) in [6, 6.07) is 6.89. The number of likely N-dealkylation sites (tertiary alicyclic amines) is 1. The van der Waals surface area contributed by atoms with E-state index in [1.54, 1.807) is 29.2 Å². The number of nitrogens with zero attached hydrogens (tertiary/aromatic N) is 4. The Kier molecular flexibility index (Phi) is 8.06. The number of hydrogen-bond acceptors (Lipinski definition) is 6. The van der Waals surface area contributed by atoms with Gasteiger partial charge in [0.2, 0.25) is 10.0 Å². The first-order chi connectivity index (χ1) is 18.8. The van der Waals surface area contributed by atoms with Crippen LogP contribution in [0.1, 0.15) is 98.5 Å². The average Bonchev–Trinajstić information content (AvgIpc) is 3.28. The summed E-state index contributed by atoms with van der Waals surface area (Å²) in [4.78, 5) is 36.3. The second-order valence-electron chi connectivity index (χ2n) is 10.9. The molecular formula is C28H38N6O4S. The van der Waals surface area contributed by atoms with E-state index in [0.717, 1.165) is 44.9 Å². The fraction of sp³-hybridized carbons (Fsp3) is 0.571. The average molecular weight is 555 g/mol. The number of aromatic amines is 1. The summed E-state index contributed by atoms with van der Waals surface area (Å²) in [5.41, 5.74) is 1.97. The normalized spacial score (nSPS) is 18.9. The van der Waals surface area contributed by atoms with E-state index in [4.69, 9.17) is 10.1 Å². The van der Waals surface area contributed by atoms with Gasteiger partial charge in [-0.25, -0.2) is 18.1 Å². The van der Waals surface area contributed by atoms with Crippen LogP contribution in [0.3, 0.4) is 0 Å². The number of aryl methyl sites for hydroxylation is 1. The van der Waals surface area contributed by atoms with Crippen molar-refractivity contribution in [3.63, 3.8) is 0 Å². The lowest BCUT2D eigenvalue weighted by Gasteiger charge is -2.32. The number of nitrogens with one attached hydrogen (secondary N) is 2. The molecule has 2 aromatic heterocycles. The van der Waals surface area contributed by atoms with Gasteiger partial charge in [0.1, 0.15) is 11.2 Å². The highest BCUT2D eigenvalue weighted by Crippen LogP contribution is 2.31. The van der Waals surface area contributed by atoms with Gasteiger partial charge in [0, 0.05) is 30.3 Å². The SMILES string of the molecule is CCCCS(=O)(=O)Nc1cccc(C(=O)N2CCCC(c3nc4c(c(C)nn4C4CCCCC4)c(=O)[nH]3)C2)c1. The summed E-state index contributed by atoms with van der Waals surface area (Å²) < 4.78 is 29.2. The van der Waals surface area contributed by atoms with E-state index in [1.807, 2.05) is 18.5 Å². The van der Waals surface area contributed by atoms with Crippen molar-refractivity contribution in [1.82, 2.24) is 24.6 Å². The van der Waals surface area contributed by atoms with Crippen molar-refractivity contribution in [3.05, 3.63) is 51.7 Å².